The molecule has 0 amide bonds. The number of nitrogens with one attached hydrogen (secondary N) is 2. The maximum atomic E-state index is 5.81. The van der Waals surface area contributed by atoms with Gasteiger partial charge in [0.1, 0.15) is 5.82 Å². The Kier molecular flexibility index (Phi) is 12.4. The molecule has 0 bridgehead atoms. The summed E-state index contributed by atoms with van der Waals surface area (Å²) in [5.74, 6) is 1.94. The molecule has 2 aliphatic rings. The molecule has 0 saturated carbocycles. The van der Waals surface area contributed by atoms with Gasteiger partial charge in [-0.3, -0.25) is 0 Å². The minimum atomic E-state index is 0. The second kappa shape index (κ2) is 14.8. The van der Waals surface area contributed by atoms with Crippen LogP contribution in [0.15, 0.2) is 23.3 Å². The van der Waals surface area contributed by atoms with Crippen LogP contribution in [0.4, 0.5) is 5.82 Å². The van der Waals surface area contributed by atoms with Gasteiger partial charge in [-0.25, -0.2) is 9.98 Å². The summed E-state index contributed by atoms with van der Waals surface area (Å²) in [6.45, 7) is 8.95. The van der Waals surface area contributed by atoms with E-state index in [0.29, 0.717) is 6.54 Å². The second-order valence-corrected chi connectivity index (χ2v) is 7.76. The van der Waals surface area contributed by atoms with Gasteiger partial charge in [0.15, 0.2) is 5.96 Å². The minimum absolute atomic E-state index is 0. The number of aliphatic imine (C=N–C) groups is 1. The van der Waals surface area contributed by atoms with Crippen LogP contribution in [0.3, 0.4) is 0 Å². The molecule has 0 aromatic carbocycles. The van der Waals surface area contributed by atoms with Crippen molar-refractivity contribution in [3.8, 4) is 0 Å². The summed E-state index contributed by atoms with van der Waals surface area (Å²) >= 11 is 0. The maximum absolute atomic E-state index is 5.81. The van der Waals surface area contributed by atoms with E-state index in [9.17, 15) is 0 Å². The summed E-state index contributed by atoms with van der Waals surface area (Å²) in [7, 11) is 0. The number of pyridine rings is 1. The van der Waals surface area contributed by atoms with Crippen molar-refractivity contribution in [2.24, 2.45) is 4.99 Å². The van der Waals surface area contributed by atoms with E-state index in [2.05, 4.69) is 39.6 Å². The molecule has 1 aromatic rings. The molecule has 2 aliphatic heterocycles. The van der Waals surface area contributed by atoms with Gasteiger partial charge in [0.25, 0.3) is 0 Å². The van der Waals surface area contributed by atoms with Gasteiger partial charge in [0.05, 0.1) is 19.3 Å². The van der Waals surface area contributed by atoms with Crippen molar-refractivity contribution in [2.75, 3.05) is 50.9 Å². The molecule has 3 heterocycles. The topological polar surface area (TPSA) is 71.0 Å². The molecule has 170 valence electrons. The number of nitrogens with zero attached hydrogens (tertiary/aromatic N) is 3. The van der Waals surface area contributed by atoms with E-state index >= 15 is 0 Å². The Morgan fingerprint density at radius 2 is 2.07 bits per heavy atom. The summed E-state index contributed by atoms with van der Waals surface area (Å²) in [4.78, 5) is 11.8. The van der Waals surface area contributed by atoms with Gasteiger partial charge in [-0.05, 0) is 44.2 Å². The molecule has 2 saturated heterocycles. The van der Waals surface area contributed by atoms with Gasteiger partial charge in [-0.1, -0.05) is 18.9 Å². The summed E-state index contributed by atoms with van der Waals surface area (Å²) in [6, 6.07) is 4.29. The van der Waals surface area contributed by atoms with Crippen molar-refractivity contribution in [2.45, 2.75) is 58.1 Å². The Hall–Kier alpha value is -1.13. The Morgan fingerprint density at radius 1 is 1.23 bits per heavy atom. The van der Waals surface area contributed by atoms with E-state index < -0.39 is 0 Å². The fourth-order valence-corrected chi connectivity index (χ4v) is 3.68. The van der Waals surface area contributed by atoms with Crippen LogP contribution in [-0.4, -0.2) is 63.0 Å². The molecule has 0 spiro atoms. The highest BCUT2D eigenvalue weighted by Gasteiger charge is 2.15. The van der Waals surface area contributed by atoms with Crippen LogP contribution >= 0.6 is 24.0 Å². The zero-order valence-electron chi connectivity index (χ0n) is 18.3. The average Bonchev–Trinajstić information content (AvgIpc) is 3.12. The van der Waals surface area contributed by atoms with Gasteiger partial charge >= 0.3 is 0 Å². The van der Waals surface area contributed by atoms with Gasteiger partial charge in [0.2, 0.25) is 0 Å². The van der Waals surface area contributed by atoms with Crippen LogP contribution < -0.4 is 15.5 Å². The van der Waals surface area contributed by atoms with Crippen molar-refractivity contribution in [1.29, 1.82) is 0 Å². The summed E-state index contributed by atoms with van der Waals surface area (Å²) < 4.78 is 11.1. The lowest BCUT2D eigenvalue weighted by Gasteiger charge is -2.21. The molecular weight excluding hydrogens is 493 g/mol. The zero-order chi connectivity index (χ0) is 20.2. The first-order chi connectivity index (χ1) is 14.3. The predicted molar refractivity (Wildman–Crippen MR) is 133 cm³/mol. The van der Waals surface area contributed by atoms with Crippen LogP contribution in [0.2, 0.25) is 0 Å². The van der Waals surface area contributed by atoms with Crippen LogP contribution in [-0.2, 0) is 16.0 Å². The van der Waals surface area contributed by atoms with E-state index in [-0.39, 0.29) is 30.1 Å². The number of guanidine groups is 1. The largest absolute Gasteiger partial charge is 0.379 e. The second-order valence-electron chi connectivity index (χ2n) is 7.76. The minimum Gasteiger partial charge on any atom is -0.379 e. The smallest absolute Gasteiger partial charge is 0.191 e. The van der Waals surface area contributed by atoms with E-state index in [1.165, 1.54) is 25.7 Å². The van der Waals surface area contributed by atoms with Gasteiger partial charge in [0, 0.05) is 45.6 Å². The Morgan fingerprint density at radius 3 is 2.73 bits per heavy atom. The van der Waals surface area contributed by atoms with Crippen LogP contribution in [0.25, 0.3) is 0 Å². The number of anilines is 1. The molecule has 0 aliphatic carbocycles. The highest BCUT2D eigenvalue weighted by atomic mass is 127. The normalized spacial score (nSPS) is 19.8. The van der Waals surface area contributed by atoms with Crippen molar-refractivity contribution >= 4 is 35.8 Å². The third kappa shape index (κ3) is 8.93. The third-order valence-electron chi connectivity index (χ3n) is 5.36. The molecule has 8 heteroatoms. The van der Waals surface area contributed by atoms with E-state index in [4.69, 9.17) is 14.5 Å². The van der Waals surface area contributed by atoms with Crippen molar-refractivity contribution < 1.29 is 9.47 Å². The number of hydrogen-bond donors (Lipinski definition) is 2. The number of aromatic nitrogens is 1. The maximum Gasteiger partial charge on any atom is 0.191 e. The third-order valence-corrected chi connectivity index (χ3v) is 5.36. The predicted octanol–water partition coefficient (Wildman–Crippen LogP) is 3.33. The number of hydrogen-bond acceptors (Lipinski definition) is 5. The molecule has 7 nitrogen and oxygen atoms in total. The molecular formula is C22H38IN5O2. The first-order valence-electron chi connectivity index (χ1n) is 11.3. The molecule has 2 N–H and O–H groups in total. The fourth-order valence-electron chi connectivity index (χ4n) is 3.68. The lowest BCUT2D eigenvalue weighted by atomic mass is 10.2. The molecule has 1 atom stereocenters. The van der Waals surface area contributed by atoms with Gasteiger partial charge in [-0.2, -0.15) is 0 Å². The first-order valence-corrected chi connectivity index (χ1v) is 11.3. The Labute approximate surface area is 198 Å². The van der Waals surface area contributed by atoms with Gasteiger partial charge in [-0.15, -0.1) is 24.0 Å². The van der Waals surface area contributed by atoms with E-state index in [1.54, 1.807) is 0 Å². The lowest BCUT2D eigenvalue weighted by molar-refractivity contribution is 0.0420. The molecule has 0 radical (unpaired) electrons. The number of rotatable bonds is 9. The Bertz CT molecular complexity index is 600. The molecule has 1 aromatic heterocycles. The number of ether oxygens (including phenoxy) is 2. The number of halogens is 1. The molecule has 1 unspecified atom stereocenters. The lowest BCUT2D eigenvalue weighted by Crippen LogP contribution is -2.38. The SMILES string of the molecule is CCNC(=NCc1ccc(N2CCCCCC2)nc1)NCCCOC1CCOC1.I. The van der Waals surface area contributed by atoms with Crippen molar-refractivity contribution in [3.63, 3.8) is 0 Å². The first kappa shape index (κ1) is 25.1. The fraction of sp³-hybridized carbons (Fsp3) is 0.727. The van der Waals surface area contributed by atoms with E-state index in [0.717, 1.165) is 76.2 Å². The highest BCUT2D eigenvalue weighted by Crippen LogP contribution is 2.17. The zero-order valence-corrected chi connectivity index (χ0v) is 20.6. The van der Waals surface area contributed by atoms with Crippen molar-refractivity contribution in [1.82, 2.24) is 15.6 Å². The van der Waals surface area contributed by atoms with Crippen molar-refractivity contribution in [3.05, 3.63) is 23.9 Å². The highest BCUT2D eigenvalue weighted by molar-refractivity contribution is 14.0. The summed E-state index contributed by atoms with van der Waals surface area (Å²) in [5, 5.41) is 6.69. The Balaban J connectivity index is 0.00000320. The molecule has 2 fully saturated rings. The van der Waals surface area contributed by atoms with Gasteiger partial charge < -0.3 is 25.0 Å². The van der Waals surface area contributed by atoms with Crippen LogP contribution in [0, 0.1) is 0 Å². The molecule has 3 rings (SSSR count). The summed E-state index contributed by atoms with van der Waals surface area (Å²) in [6.07, 6.45) is 9.42. The molecule has 30 heavy (non-hydrogen) atoms. The average molecular weight is 531 g/mol. The van der Waals surface area contributed by atoms with Crippen LogP contribution in [0.5, 0.6) is 0 Å². The standard InChI is InChI=1S/C22H37N5O2.HI/c1-2-23-22(24-11-7-14-29-20-10-15-28-18-20)26-17-19-8-9-21(25-16-19)27-12-5-3-4-6-13-27;/h8-9,16,20H,2-7,10-15,17-18H2,1H3,(H2,23,24,26);1H. The van der Waals surface area contributed by atoms with E-state index in [1.807, 2.05) is 6.20 Å². The van der Waals surface area contributed by atoms with Crippen LogP contribution in [0.1, 0.15) is 51.0 Å². The monoisotopic (exact) mass is 531 g/mol. The quantitative estimate of drug-likeness (QED) is 0.221. The summed E-state index contributed by atoms with van der Waals surface area (Å²) in [5.41, 5.74) is 1.13.